The highest BCUT2D eigenvalue weighted by Gasteiger charge is 2.31. The zero-order valence-electron chi connectivity index (χ0n) is 7.45. The van der Waals surface area contributed by atoms with Crippen LogP contribution in [0.4, 0.5) is 0 Å². The van der Waals surface area contributed by atoms with Crippen LogP contribution in [-0.2, 0) is 9.53 Å². The van der Waals surface area contributed by atoms with E-state index in [0.29, 0.717) is 0 Å². The van der Waals surface area contributed by atoms with Gasteiger partial charge in [0.05, 0.1) is 5.76 Å². The van der Waals surface area contributed by atoms with Gasteiger partial charge in [-0.2, -0.15) is 0 Å². The quantitative estimate of drug-likeness (QED) is 0.565. The number of carbonyl (C=O) groups is 1. The Bertz CT molecular complexity index is 294. The van der Waals surface area contributed by atoms with Crippen LogP contribution in [0, 0.1) is 0 Å². The molecule has 68 valence electrons. The molecule has 0 radical (unpaired) electrons. The molecule has 1 fully saturated rings. The molecule has 0 atom stereocenters. The molecule has 2 aliphatic rings. The van der Waals surface area contributed by atoms with Gasteiger partial charge in [-0.1, -0.05) is 6.58 Å². The Kier molecular flexibility index (Phi) is 1.83. The molecule has 1 heterocycles. The molecule has 13 heavy (non-hydrogen) atoms. The highest BCUT2D eigenvalue weighted by atomic mass is 16.5. The molecule has 2 rings (SSSR count). The van der Waals surface area contributed by atoms with Gasteiger partial charge in [-0.15, -0.1) is 0 Å². The van der Waals surface area contributed by atoms with Gasteiger partial charge in [0, 0.05) is 6.42 Å². The van der Waals surface area contributed by atoms with Crippen LogP contribution in [0.2, 0.25) is 0 Å². The van der Waals surface area contributed by atoms with E-state index in [9.17, 15) is 4.79 Å². The van der Waals surface area contributed by atoms with E-state index in [2.05, 4.69) is 6.58 Å². The SMILES string of the molecule is C=C1CCCC2(C=CC(=O)C=C2)O1. The van der Waals surface area contributed by atoms with Crippen molar-refractivity contribution in [3.63, 3.8) is 0 Å². The summed E-state index contributed by atoms with van der Waals surface area (Å²) in [6.07, 6.45) is 9.74. The minimum absolute atomic E-state index is 0.0328. The molecule has 1 aliphatic carbocycles. The second-order valence-corrected chi connectivity index (χ2v) is 3.52. The van der Waals surface area contributed by atoms with Gasteiger partial charge in [-0.25, -0.2) is 0 Å². The Balaban J connectivity index is 2.21. The van der Waals surface area contributed by atoms with Gasteiger partial charge in [-0.05, 0) is 37.1 Å². The van der Waals surface area contributed by atoms with Crippen LogP contribution < -0.4 is 0 Å². The van der Waals surface area contributed by atoms with E-state index in [-0.39, 0.29) is 11.4 Å². The van der Waals surface area contributed by atoms with Crippen molar-refractivity contribution in [2.45, 2.75) is 24.9 Å². The van der Waals surface area contributed by atoms with Crippen molar-refractivity contribution in [3.05, 3.63) is 36.6 Å². The molecule has 0 amide bonds. The Morgan fingerprint density at radius 2 is 2.08 bits per heavy atom. The minimum atomic E-state index is -0.372. The first-order chi connectivity index (χ1) is 6.20. The normalized spacial score (nSPS) is 24.9. The molecule has 1 saturated heterocycles. The highest BCUT2D eigenvalue weighted by molar-refractivity contribution is 6.00. The van der Waals surface area contributed by atoms with Crippen molar-refractivity contribution < 1.29 is 9.53 Å². The van der Waals surface area contributed by atoms with Crippen molar-refractivity contribution in [1.82, 2.24) is 0 Å². The second kappa shape index (κ2) is 2.87. The summed E-state index contributed by atoms with van der Waals surface area (Å²) in [5.41, 5.74) is -0.372. The predicted molar refractivity (Wildman–Crippen MR) is 50.1 cm³/mol. The van der Waals surface area contributed by atoms with Crippen molar-refractivity contribution >= 4 is 5.78 Å². The summed E-state index contributed by atoms with van der Waals surface area (Å²) in [4.78, 5) is 10.9. The highest BCUT2D eigenvalue weighted by Crippen LogP contribution is 2.33. The molecule has 2 nitrogen and oxygen atoms in total. The van der Waals surface area contributed by atoms with Gasteiger partial charge < -0.3 is 4.74 Å². The van der Waals surface area contributed by atoms with Crippen molar-refractivity contribution in [1.29, 1.82) is 0 Å². The fourth-order valence-electron chi connectivity index (χ4n) is 1.72. The van der Waals surface area contributed by atoms with Crippen LogP contribution in [0.5, 0.6) is 0 Å². The third-order valence-corrected chi connectivity index (χ3v) is 2.42. The summed E-state index contributed by atoms with van der Waals surface area (Å²) in [7, 11) is 0. The van der Waals surface area contributed by atoms with E-state index in [1.165, 1.54) is 0 Å². The molecule has 0 aromatic heterocycles. The molecular weight excluding hydrogens is 164 g/mol. The minimum Gasteiger partial charge on any atom is -0.484 e. The van der Waals surface area contributed by atoms with Crippen LogP contribution in [0.3, 0.4) is 0 Å². The zero-order chi connectivity index (χ0) is 9.31. The van der Waals surface area contributed by atoms with Gasteiger partial charge in [0.1, 0.15) is 5.60 Å². The van der Waals surface area contributed by atoms with Gasteiger partial charge in [0.2, 0.25) is 0 Å². The molecule has 0 N–H and O–H groups in total. The Hall–Kier alpha value is -1.31. The molecular formula is C11H12O2. The molecule has 0 unspecified atom stereocenters. The first-order valence-electron chi connectivity index (χ1n) is 4.49. The molecule has 0 aromatic carbocycles. The lowest BCUT2D eigenvalue weighted by Crippen LogP contribution is -2.32. The number of carbonyl (C=O) groups excluding carboxylic acids is 1. The number of allylic oxidation sites excluding steroid dienone is 3. The fraction of sp³-hybridized carbons (Fsp3) is 0.364. The molecule has 0 bridgehead atoms. The summed E-state index contributed by atoms with van der Waals surface area (Å²) in [5.74, 6) is 0.848. The van der Waals surface area contributed by atoms with E-state index in [0.717, 1.165) is 25.0 Å². The van der Waals surface area contributed by atoms with E-state index in [4.69, 9.17) is 4.74 Å². The Morgan fingerprint density at radius 1 is 1.38 bits per heavy atom. The summed E-state index contributed by atoms with van der Waals surface area (Å²) in [5, 5.41) is 0. The molecule has 0 aromatic rings. The molecule has 1 aliphatic heterocycles. The zero-order valence-corrected chi connectivity index (χ0v) is 7.45. The van der Waals surface area contributed by atoms with Crippen molar-refractivity contribution in [3.8, 4) is 0 Å². The van der Waals surface area contributed by atoms with E-state index in [1.54, 1.807) is 12.2 Å². The van der Waals surface area contributed by atoms with Gasteiger partial charge in [-0.3, -0.25) is 4.79 Å². The molecule has 2 heteroatoms. The van der Waals surface area contributed by atoms with Gasteiger partial charge in [0.25, 0.3) is 0 Å². The topological polar surface area (TPSA) is 26.3 Å². The maximum atomic E-state index is 10.9. The monoisotopic (exact) mass is 176 g/mol. The lowest BCUT2D eigenvalue weighted by Gasteiger charge is -2.35. The summed E-state index contributed by atoms with van der Waals surface area (Å²) in [6, 6.07) is 0. The van der Waals surface area contributed by atoms with Crippen LogP contribution in [0.1, 0.15) is 19.3 Å². The van der Waals surface area contributed by atoms with Crippen LogP contribution in [-0.4, -0.2) is 11.4 Å². The van der Waals surface area contributed by atoms with Gasteiger partial charge in [0.15, 0.2) is 5.78 Å². The fourth-order valence-corrected chi connectivity index (χ4v) is 1.72. The number of ether oxygens (including phenoxy) is 1. The molecule has 1 spiro atoms. The summed E-state index contributed by atoms with van der Waals surface area (Å²) >= 11 is 0. The van der Waals surface area contributed by atoms with E-state index < -0.39 is 0 Å². The third-order valence-electron chi connectivity index (χ3n) is 2.42. The van der Waals surface area contributed by atoms with E-state index >= 15 is 0 Å². The second-order valence-electron chi connectivity index (χ2n) is 3.52. The maximum absolute atomic E-state index is 10.9. The smallest absolute Gasteiger partial charge is 0.178 e. The first kappa shape index (κ1) is 8.30. The number of ketones is 1. The van der Waals surface area contributed by atoms with Crippen molar-refractivity contribution in [2.24, 2.45) is 0 Å². The third kappa shape index (κ3) is 1.57. The average Bonchev–Trinajstić information content (AvgIpc) is 2.11. The molecule has 0 saturated carbocycles. The van der Waals surface area contributed by atoms with Crippen LogP contribution in [0.25, 0.3) is 0 Å². The summed E-state index contributed by atoms with van der Waals surface area (Å²) in [6.45, 7) is 3.81. The summed E-state index contributed by atoms with van der Waals surface area (Å²) < 4.78 is 5.64. The first-order valence-corrected chi connectivity index (χ1v) is 4.49. The maximum Gasteiger partial charge on any atom is 0.178 e. The number of hydrogen-bond donors (Lipinski definition) is 0. The van der Waals surface area contributed by atoms with Crippen LogP contribution >= 0.6 is 0 Å². The Labute approximate surface area is 77.6 Å². The average molecular weight is 176 g/mol. The number of rotatable bonds is 0. The van der Waals surface area contributed by atoms with E-state index in [1.807, 2.05) is 12.2 Å². The lowest BCUT2D eigenvalue weighted by molar-refractivity contribution is -0.110. The van der Waals surface area contributed by atoms with Crippen molar-refractivity contribution in [2.75, 3.05) is 0 Å². The standard InChI is InChI=1S/C11H12O2/c1-9-3-2-6-11(13-9)7-4-10(12)5-8-11/h4-5,7-8H,1-3,6H2. The van der Waals surface area contributed by atoms with Gasteiger partial charge >= 0.3 is 0 Å². The Morgan fingerprint density at radius 3 is 2.69 bits per heavy atom. The predicted octanol–water partition coefficient (Wildman–Crippen LogP) is 2.13. The van der Waals surface area contributed by atoms with Crippen LogP contribution in [0.15, 0.2) is 36.6 Å². The lowest BCUT2D eigenvalue weighted by atomic mass is 9.89. The largest absolute Gasteiger partial charge is 0.484 e. The number of hydrogen-bond acceptors (Lipinski definition) is 2.